The third-order valence-corrected chi connectivity index (χ3v) is 5.05. The Morgan fingerprint density at radius 3 is 2.62 bits per heavy atom. The van der Waals surface area contributed by atoms with E-state index in [-0.39, 0.29) is 0 Å². The van der Waals surface area contributed by atoms with Crippen molar-refractivity contribution in [2.75, 3.05) is 26.2 Å². The Balaban J connectivity index is 1.42. The Bertz CT molecular complexity index is 529. The maximum atomic E-state index is 3.58. The largest absolute Gasteiger partial charge is 0.311 e. The minimum Gasteiger partial charge on any atom is -0.311 e. The number of hydrogen-bond acceptors (Lipinski definition) is 3. The molecule has 0 atom stereocenters. The highest BCUT2D eigenvalue weighted by atomic mass is 32.1. The van der Waals surface area contributed by atoms with E-state index in [1.165, 1.54) is 54.9 Å². The molecule has 3 heteroatoms. The fraction of sp³-hybridized carbons (Fsp3) is 0.444. The van der Waals surface area contributed by atoms with Crippen LogP contribution in [0.4, 0.5) is 0 Å². The Labute approximate surface area is 131 Å². The summed E-state index contributed by atoms with van der Waals surface area (Å²) in [6, 6.07) is 12.9. The molecule has 1 aromatic heterocycles. The number of benzene rings is 1. The lowest BCUT2D eigenvalue weighted by Crippen LogP contribution is -2.35. The molecule has 1 fully saturated rings. The van der Waals surface area contributed by atoms with Crippen LogP contribution in [0.3, 0.4) is 0 Å². The summed E-state index contributed by atoms with van der Waals surface area (Å²) in [5, 5.41) is 5.84. The molecule has 1 saturated heterocycles. The zero-order chi connectivity index (χ0) is 14.3. The maximum absolute atomic E-state index is 3.58. The van der Waals surface area contributed by atoms with Crippen LogP contribution in [0.25, 0.3) is 11.1 Å². The molecule has 0 spiro atoms. The van der Waals surface area contributed by atoms with Crippen LogP contribution in [0.15, 0.2) is 41.8 Å². The molecule has 0 unspecified atom stereocenters. The van der Waals surface area contributed by atoms with Crippen LogP contribution < -0.4 is 5.32 Å². The molecular weight excluding hydrogens is 276 g/mol. The van der Waals surface area contributed by atoms with Gasteiger partial charge in [-0.3, -0.25) is 0 Å². The van der Waals surface area contributed by atoms with Crippen molar-refractivity contribution in [3.8, 4) is 11.1 Å². The molecule has 2 heterocycles. The fourth-order valence-electron chi connectivity index (χ4n) is 2.89. The average Bonchev–Trinajstić information content (AvgIpc) is 3.02. The third kappa shape index (κ3) is 4.40. The van der Waals surface area contributed by atoms with E-state index >= 15 is 0 Å². The number of hydrogen-bond donors (Lipinski definition) is 1. The number of thiophene rings is 1. The summed E-state index contributed by atoms with van der Waals surface area (Å²) in [6.45, 7) is 5.86. The maximum Gasteiger partial charge on any atom is 0.0300 e. The van der Waals surface area contributed by atoms with E-state index in [1.54, 1.807) is 0 Å². The normalized spacial score (nSPS) is 16.2. The van der Waals surface area contributed by atoms with Gasteiger partial charge in [0.15, 0.2) is 0 Å². The lowest BCUT2D eigenvalue weighted by Gasteiger charge is -2.26. The summed E-state index contributed by atoms with van der Waals surface area (Å²) >= 11 is 1.85. The second kappa shape index (κ2) is 7.74. The Hall–Kier alpha value is -1.16. The summed E-state index contributed by atoms with van der Waals surface area (Å²) in [5.74, 6) is 0. The van der Waals surface area contributed by atoms with E-state index < -0.39 is 0 Å². The Kier molecular flexibility index (Phi) is 5.44. The summed E-state index contributed by atoms with van der Waals surface area (Å²) in [5.41, 5.74) is 2.65. The van der Waals surface area contributed by atoms with Crippen LogP contribution >= 0.6 is 11.3 Å². The van der Waals surface area contributed by atoms with Crippen LogP contribution in [0.1, 0.15) is 24.1 Å². The van der Waals surface area contributed by atoms with E-state index in [0.29, 0.717) is 0 Å². The van der Waals surface area contributed by atoms with Crippen molar-refractivity contribution in [3.05, 3.63) is 46.7 Å². The molecular formula is C18H24N2S. The first-order chi connectivity index (χ1) is 10.4. The molecule has 0 aliphatic carbocycles. The highest BCUT2D eigenvalue weighted by Crippen LogP contribution is 2.25. The van der Waals surface area contributed by atoms with Crippen LogP contribution in [0.2, 0.25) is 0 Å². The van der Waals surface area contributed by atoms with Gasteiger partial charge in [0.05, 0.1) is 0 Å². The molecule has 1 N–H and O–H groups in total. The van der Waals surface area contributed by atoms with Gasteiger partial charge in [0, 0.05) is 24.5 Å². The van der Waals surface area contributed by atoms with Gasteiger partial charge in [-0.05, 0) is 48.5 Å². The first kappa shape index (κ1) is 14.8. The van der Waals surface area contributed by atoms with Gasteiger partial charge in [0.25, 0.3) is 0 Å². The second-order valence-electron chi connectivity index (χ2n) is 5.75. The summed E-state index contributed by atoms with van der Waals surface area (Å²) in [6.07, 6.45) is 4.18. The van der Waals surface area contributed by atoms with E-state index in [2.05, 4.69) is 52.0 Å². The molecule has 2 nitrogen and oxygen atoms in total. The zero-order valence-corrected chi connectivity index (χ0v) is 13.4. The lowest BCUT2D eigenvalue weighted by atomic mass is 10.1. The second-order valence-corrected chi connectivity index (χ2v) is 6.74. The van der Waals surface area contributed by atoms with Gasteiger partial charge >= 0.3 is 0 Å². The van der Waals surface area contributed by atoms with Gasteiger partial charge in [-0.1, -0.05) is 36.8 Å². The lowest BCUT2D eigenvalue weighted by molar-refractivity contribution is 0.229. The number of piperidine rings is 1. The predicted octanol–water partition coefficient (Wildman–Crippen LogP) is 3.99. The highest BCUT2D eigenvalue weighted by Gasteiger charge is 2.09. The van der Waals surface area contributed by atoms with E-state index in [0.717, 1.165) is 13.1 Å². The first-order valence-electron chi connectivity index (χ1n) is 7.98. The Morgan fingerprint density at radius 2 is 1.81 bits per heavy atom. The van der Waals surface area contributed by atoms with E-state index in [9.17, 15) is 0 Å². The Morgan fingerprint density at radius 1 is 1.00 bits per heavy atom. The standard InChI is InChI=1S/C18H24N2S/c1-3-7-16(8-4-1)17-13-18(21-15-17)14-19-9-12-20-10-5-2-6-11-20/h1,3-4,7-8,13,15,19H,2,5-6,9-12,14H2. The molecule has 1 aliphatic heterocycles. The van der Waals surface area contributed by atoms with E-state index in [4.69, 9.17) is 0 Å². The van der Waals surface area contributed by atoms with Crippen molar-refractivity contribution in [3.63, 3.8) is 0 Å². The third-order valence-electron chi connectivity index (χ3n) is 4.11. The van der Waals surface area contributed by atoms with Crippen molar-refractivity contribution < 1.29 is 0 Å². The quantitative estimate of drug-likeness (QED) is 0.812. The zero-order valence-electron chi connectivity index (χ0n) is 12.6. The van der Waals surface area contributed by atoms with Gasteiger partial charge < -0.3 is 10.2 Å². The molecule has 3 rings (SSSR count). The number of rotatable bonds is 6. The minimum absolute atomic E-state index is 0.991. The highest BCUT2D eigenvalue weighted by molar-refractivity contribution is 7.10. The number of nitrogens with one attached hydrogen (secondary N) is 1. The molecule has 21 heavy (non-hydrogen) atoms. The van der Waals surface area contributed by atoms with Crippen LogP contribution in [0.5, 0.6) is 0 Å². The average molecular weight is 300 g/mol. The molecule has 1 aliphatic rings. The van der Waals surface area contributed by atoms with Gasteiger partial charge in [-0.2, -0.15) is 0 Å². The molecule has 0 saturated carbocycles. The van der Waals surface area contributed by atoms with Gasteiger partial charge in [0.2, 0.25) is 0 Å². The van der Waals surface area contributed by atoms with Crippen LogP contribution in [0, 0.1) is 0 Å². The van der Waals surface area contributed by atoms with Crippen LogP contribution in [-0.2, 0) is 6.54 Å². The smallest absolute Gasteiger partial charge is 0.0300 e. The number of likely N-dealkylation sites (tertiary alicyclic amines) is 1. The van der Waals surface area contributed by atoms with Crippen molar-refractivity contribution >= 4 is 11.3 Å². The van der Waals surface area contributed by atoms with Crippen LogP contribution in [-0.4, -0.2) is 31.1 Å². The molecule has 0 bridgehead atoms. The summed E-state index contributed by atoms with van der Waals surface area (Å²) in [7, 11) is 0. The van der Waals surface area contributed by atoms with Gasteiger partial charge in [0.1, 0.15) is 0 Å². The molecule has 2 aromatic rings. The summed E-state index contributed by atoms with van der Waals surface area (Å²) in [4.78, 5) is 4.01. The van der Waals surface area contributed by atoms with E-state index in [1.807, 2.05) is 11.3 Å². The first-order valence-corrected chi connectivity index (χ1v) is 8.86. The van der Waals surface area contributed by atoms with Gasteiger partial charge in [-0.25, -0.2) is 0 Å². The number of nitrogens with zero attached hydrogens (tertiary/aromatic N) is 1. The fourth-order valence-corrected chi connectivity index (χ4v) is 3.75. The predicted molar refractivity (Wildman–Crippen MR) is 91.8 cm³/mol. The van der Waals surface area contributed by atoms with Crippen molar-refractivity contribution in [1.29, 1.82) is 0 Å². The topological polar surface area (TPSA) is 15.3 Å². The van der Waals surface area contributed by atoms with Crippen molar-refractivity contribution in [1.82, 2.24) is 10.2 Å². The SMILES string of the molecule is c1ccc(-c2csc(CNCCN3CCCCC3)c2)cc1. The molecule has 1 aromatic carbocycles. The molecule has 112 valence electrons. The van der Waals surface area contributed by atoms with Crippen molar-refractivity contribution in [2.45, 2.75) is 25.8 Å². The van der Waals surface area contributed by atoms with Gasteiger partial charge in [-0.15, -0.1) is 11.3 Å². The molecule has 0 amide bonds. The summed E-state index contributed by atoms with van der Waals surface area (Å²) < 4.78 is 0. The minimum atomic E-state index is 0.991. The molecule has 0 radical (unpaired) electrons. The van der Waals surface area contributed by atoms with Crippen molar-refractivity contribution in [2.24, 2.45) is 0 Å². The monoisotopic (exact) mass is 300 g/mol.